The second-order valence-corrected chi connectivity index (χ2v) is 8.79. The maximum atomic E-state index is 6.22. The molecule has 132 valence electrons. The molecule has 0 amide bonds. The van der Waals surface area contributed by atoms with Crippen LogP contribution >= 0.6 is 0 Å². The van der Waals surface area contributed by atoms with Gasteiger partial charge in [0.15, 0.2) is 11.5 Å². The Morgan fingerprint density at radius 1 is 1.04 bits per heavy atom. The Bertz CT molecular complexity index is 598. The molecule has 1 heterocycles. The van der Waals surface area contributed by atoms with Crippen LogP contribution in [0.2, 0.25) is 0 Å². The fourth-order valence-electron chi connectivity index (χ4n) is 2.58. The van der Waals surface area contributed by atoms with Gasteiger partial charge in [-0.15, -0.1) is 0 Å². The van der Waals surface area contributed by atoms with E-state index in [2.05, 4.69) is 27.7 Å². The first-order valence-electron chi connectivity index (χ1n) is 8.83. The highest BCUT2D eigenvalue weighted by Gasteiger charge is 2.53. The van der Waals surface area contributed by atoms with E-state index in [9.17, 15) is 0 Å². The van der Waals surface area contributed by atoms with Gasteiger partial charge in [0.25, 0.3) is 0 Å². The normalized spacial score (nSPS) is 22.5. The van der Waals surface area contributed by atoms with Crippen LogP contribution in [0.15, 0.2) is 18.2 Å². The molecule has 5 heteroatoms. The lowest BCUT2D eigenvalue weighted by atomic mass is 9.78. The molecule has 2 fully saturated rings. The fraction of sp³-hybridized carbons (Fsp3) is 0.684. The largest absolute Gasteiger partial charge is 0.498 e. The van der Waals surface area contributed by atoms with Crippen molar-refractivity contribution < 1.29 is 18.8 Å². The summed E-state index contributed by atoms with van der Waals surface area (Å²) in [6.07, 6.45) is 2.45. The molecule has 24 heavy (non-hydrogen) atoms. The van der Waals surface area contributed by atoms with E-state index < -0.39 is 7.12 Å². The highest BCUT2D eigenvalue weighted by atomic mass is 16.7. The standard InChI is InChI=1S/C19H29BO4/c1-17(2,3)22-15-10-8-9-14(16(15)21-13-11-12-13)20-23-18(4,5)19(6,7)24-20/h8-10,13H,11-12H2,1-7H3. The number of hydrogen-bond donors (Lipinski definition) is 0. The molecule has 1 saturated carbocycles. The molecule has 4 nitrogen and oxygen atoms in total. The Morgan fingerprint density at radius 3 is 2.12 bits per heavy atom. The lowest BCUT2D eigenvalue weighted by Gasteiger charge is -2.32. The third-order valence-electron chi connectivity index (χ3n) is 4.74. The Kier molecular flexibility index (Phi) is 4.16. The third-order valence-corrected chi connectivity index (χ3v) is 4.74. The molecule has 0 unspecified atom stereocenters. The van der Waals surface area contributed by atoms with Crippen molar-refractivity contribution in [2.45, 2.75) is 84.2 Å². The maximum Gasteiger partial charge on any atom is 0.498 e. The van der Waals surface area contributed by atoms with Crippen molar-refractivity contribution in [3.05, 3.63) is 18.2 Å². The summed E-state index contributed by atoms with van der Waals surface area (Å²) in [4.78, 5) is 0. The molecule has 0 radical (unpaired) electrons. The topological polar surface area (TPSA) is 36.9 Å². The SMILES string of the molecule is CC(C)(C)Oc1cccc(B2OC(C)(C)C(C)(C)O2)c1OC1CC1. The van der Waals surface area contributed by atoms with Gasteiger partial charge in [-0.2, -0.15) is 0 Å². The van der Waals surface area contributed by atoms with Gasteiger partial charge >= 0.3 is 7.12 Å². The molecule has 3 rings (SSSR count). The van der Waals surface area contributed by atoms with E-state index in [1.807, 2.05) is 39.0 Å². The van der Waals surface area contributed by atoms with Gasteiger partial charge in [0.1, 0.15) is 5.60 Å². The van der Waals surface area contributed by atoms with Crippen molar-refractivity contribution in [3.63, 3.8) is 0 Å². The van der Waals surface area contributed by atoms with E-state index in [0.717, 1.165) is 29.8 Å². The van der Waals surface area contributed by atoms with E-state index >= 15 is 0 Å². The van der Waals surface area contributed by atoms with Gasteiger partial charge in [-0.3, -0.25) is 0 Å². The lowest BCUT2D eigenvalue weighted by molar-refractivity contribution is 0.00578. The van der Waals surface area contributed by atoms with Gasteiger partial charge < -0.3 is 18.8 Å². The van der Waals surface area contributed by atoms with Crippen LogP contribution in [-0.4, -0.2) is 30.0 Å². The van der Waals surface area contributed by atoms with Crippen LogP contribution in [0, 0.1) is 0 Å². The van der Waals surface area contributed by atoms with E-state index in [4.69, 9.17) is 18.8 Å². The average molecular weight is 332 g/mol. The van der Waals surface area contributed by atoms with Crippen molar-refractivity contribution in [1.29, 1.82) is 0 Å². The van der Waals surface area contributed by atoms with Gasteiger partial charge in [-0.1, -0.05) is 12.1 Å². The summed E-state index contributed by atoms with van der Waals surface area (Å²) in [5.41, 5.74) is -0.150. The summed E-state index contributed by atoms with van der Waals surface area (Å²) in [6.45, 7) is 14.3. The highest BCUT2D eigenvalue weighted by Crippen LogP contribution is 2.40. The predicted molar refractivity (Wildman–Crippen MR) is 96.2 cm³/mol. The van der Waals surface area contributed by atoms with Gasteiger partial charge in [0.05, 0.1) is 17.3 Å². The summed E-state index contributed by atoms with van der Waals surface area (Å²) < 4.78 is 24.8. The zero-order chi connectivity index (χ0) is 17.8. The number of ether oxygens (including phenoxy) is 2. The van der Waals surface area contributed by atoms with Crippen LogP contribution in [-0.2, 0) is 9.31 Å². The van der Waals surface area contributed by atoms with E-state index in [0.29, 0.717) is 0 Å². The van der Waals surface area contributed by atoms with E-state index in [1.165, 1.54) is 0 Å². The number of rotatable bonds is 4. The predicted octanol–water partition coefficient (Wildman–Crippen LogP) is 3.70. The Labute approximate surface area is 146 Å². The molecule has 0 aromatic heterocycles. The van der Waals surface area contributed by atoms with Crippen LogP contribution < -0.4 is 14.9 Å². The molecule has 1 saturated heterocycles. The first-order chi connectivity index (χ1) is 11.0. The van der Waals surface area contributed by atoms with Gasteiger partial charge in [-0.05, 0) is 67.4 Å². The molecule has 1 aliphatic heterocycles. The second-order valence-electron chi connectivity index (χ2n) is 8.79. The molecule has 0 N–H and O–H groups in total. The van der Waals surface area contributed by atoms with Crippen molar-refractivity contribution in [1.82, 2.24) is 0 Å². The summed E-state index contributed by atoms with van der Waals surface area (Å²) in [6, 6.07) is 5.94. The smallest absolute Gasteiger partial charge is 0.487 e. The summed E-state index contributed by atoms with van der Waals surface area (Å²) in [5.74, 6) is 1.51. The summed E-state index contributed by atoms with van der Waals surface area (Å²) in [7, 11) is -0.452. The molecule has 0 bridgehead atoms. The molecule has 1 aromatic rings. The summed E-state index contributed by atoms with van der Waals surface area (Å²) >= 11 is 0. The average Bonchev–Trinajstić information content (AvgIpc) is 3.17. The lowest BCUT2D eigenvalue weighted by Crippen LogP contribution is -2.41. The van der Waals surface area contributed by atoms with Gasteiger partial charge in [0, 0.05) is 5.46 Å². The Hall–Kier alpha value is -1.20. The Balaban J connectivity index is 1.96. The van der Waals surface area contributed by atoms with Gasteiger partial charge in [0.2, 0.25) is 0 Å². The molecule has 2 aliphatic rings. The minimum Gasteiger partial charge on any atom is -0.487 e. The van der Waals surface area contributed by atoms with Crippen LogP contribution in [0.3, 0.4) is 0 Å². The number of benzene rings is 1. The minimum absolute atomic E-state index is 0.274. The summed E-state index contributed by atoms with van der Waals surface area (Å²) in [5, 5.41) is 0. The molecule has 0 atom stereocenters. The fourth-order valence-corrected chi connectivity index (χ4v) is 2.58. The van der Waals surface area contributed by atoms with Crippen molar-refractivity contribution in [2.24, 2.45) is 0 Å². The number of para-hydroxylation sites is 1. The van der Waals surface area contributed by atoms with E-state index in [-0.39, 0.29) is 22.9 Å². The maximum absolute atomic E-state index is 6.22. The molecular weight excluding hydrogens is 303 g/mol. The molecular formula is C19H29BO4. The van der Waals surface area contributed by atoms with Crippen LogP contribution in [0.5, 0.6) is 11.5 Å². The molecule has 0 spiro atoms. The number of hydrogen-bond acceptors (Lipinski definition) is 4. The van der Waals surface area contributed by atoms with E-state index in [1.54, 1.807) is 0 Å². The van der Waals surface area contributed by atoms with Crippen LogP contribution in [0.1, 0.15) is 61.3 Å². The Morgan fingerprint density at radius 2 is 1.62 bits per heavy atom. The first-order valence-corrected chi connectivity index (χ1v) is 8.83. The van der Waals surface area contributed by atoms with Gasteiger partial charge in [-0.25, -0.2) is 0 Å². The third kappa shape index (κ3) is 3.57. The van der Waals surface area contributed by atoms with Crippen molar-refractivity contribution in [2.75, 3.05) is 0 Å². The first kappa shape index (κ1) is 17.6. The highest BCUT2D eigenvalue weighted by molar-refractivity contribution is 6.63. The minimum atomic E-state index is -0.452. The molecule has 1 aliphatic carbocycles. The van der Waals surface area contributed by atoms with Crippen LogP contribution in [0.25, 0.3) is 0 Å². The quantitative estimate of drug-likeness (QED) is 0.788. The zero-order valence-electron chi connectivity index (χ0n) is 15.9. The van der Waals surface area contributed by atoms with Crippen molar-refractivity contribution >= 4 is 12.6 Å². The van der Waals surface area contributed by atoms with Crippen LogP contribution in [0.4, 0.5) is 0 Å². The monoisotopic (exact) mass is 332 g/mol. The second kappa shape index (κ2) is 5.67. The molecule has 1 aromatic carbocycles. The zero-order valence-corrected chi connectivity index (χ0v) is 15.9. The van der Waals surface area contributed by atoms with Crippen molar-refractivity contribution in [3.8, 4) is 11.5 Å².